The first-order valence-corrected chi connectivity index (χ1v) is 11.8. The number of benzene rings is 1. The molecule has 0 saturated carbocycles. The predicted molar refractivity (Wildman–Crippen MR) is 130 cm³/mol. The highest BCUT2D eigenvalue weighted by molar-refractivity contribution is 7.13. The first kappa shape index (κ1) is 25.7. The van der Waals surface area contributed by atoms with Crippen LogP contribution in [0.2, 0.25) is 0 Å². The Bertz CT molecular complexity index is 1300. The maximum absolute atomic E-state index is 13.0. The van der Waals surface area contributed by atoms with Crippen molar-refractivity contribution in [2.24, 2.45) is 5.73 Å². The number of primary amides is 1. The van der Waals surface area contributed by atoms with Gasteiger partial charge in [0.1, 0.15) is 28.6 Å². The van der Waals surface area contributed by atoms with E-state index in [-0.39, 0.29) is 18.4 Å². The number of nitrogens with one attached hydrogen (secondary N) is 2. The lowest BCUT2D eigenvalue weighted by Gasteiger charge is -2.16. The Morgan fingerprint density at radius 3 is 2.71 bits per heavy atom. The zero-order valence-electron chi connectivity index (χ0n) is 19.3. The van der Waals surface area contributed by atoms with Crippen LogP contribution in [0, 0.1) is 6.92 Å². The number of fused-ring (bicyclic) bond motifs is 1. The van der Waals surface area contributed by atoms with Crippen molar-refractivity contribution in [2.45, 2.75) is 39.2 Å². The zero-order chi connectivity index (χ0) is 25.5. The number of aryl methyl sites for hydroxylation is 2. The minimum atomic E-state index is -1.20. The van der Waals surface area contributed by atoms with Crippen LogP contribution in [-0.2, 0) is 16.0 Å². The Morgan fingerprint density at radius 2 is 2.09 bits per heavy atom. The fourth-order valence-corrected chi connectivity index (χ4v) is 4.19. The second-order valence-corrected chi connectivity index (χ2v) is 8.62. The van der Waals surface area contributed by atoms with Gasteiger partial charge in [-0.2, -0.15) is 0 Å². The largest absolute Gasteiger partial charge is 0.483 e. The molecule has 0 spiro atoms. The summed E-state index contributed by atoms with van der Waals surface area (Å²) in [7, 11) is 0. The summed E-state index contributed by atoms with van der Waals surface area (Å²) in [6, 6.07) is 1.37. The summed E-state index contributed by atoms with van der Waals surface area (Å²) in [6.07, 6.45) is 2.30. The van der Waals surface area contributed by atoms with Gasteiger partial charge in [0.05, 0.1) is 10.9 Å². The average molecular weight is 503 g/mol. The van der Waals surface area contributed by atoms with Gasteiger partial charge in [-0.3, -0.25) is 9.59 Å². The van der Waals surface area contributed by atoms with E-state index in [1.807, 2.05) is 19.2 Å². The number of hydrogen-bond donors (Lipinski definition) is 4. The van der Waals surface area contributed by atoms with Gasteiger partial charge in [0.25, 0.3) is 5.91 Å². The number of hydrogen-bond acceptors (Lipinski definition) is 8. The quantitative estimate of drug-likeness (QED) is 0.289. The van der Waals surface area contributed by atoms with E-state index in [2.05, 4.69) is 15.6 Å². The Labute approximate surface area is 204 Å². The molecule has 0 aliphatic heterocycles. The molecular formula is C23H26N4O7S. The van der Waals surface area contributed by atoms with Gasteiger partial charge >= 0.3 is 12.0 Å². The molecule has 11 nitrogen and oxygen atoms in total. The predicted octanol–water partition coefficient (Wildman–Crippen LogP) is 2.18. The van der Waals surface area contributed by atoms with Gasteiger partial charge in [-0.25, -0.2) is 14.6 Å². The van der Waals surface area contributed by atoms with Crippen LogP contribution in [0.15, 0.2) is 33.0 Å². The number of carboxylic acids is 1. The van der Waals surface area contributed by atoms with Crippen LogP contribution in [0.5, 0.6) is 5.75 Å². The number of aromatic nitrogens is 1. The number of ether oxygens (including phenoxy) is 1. The summed E-state index contributed by atoms with van der Waals surface area (Å²) in [4.78, 5) is 51.8. The van der Waals surface area contributed by atoms with Gasteiger partial charge in [0, 0.05) is 23.7 Å². The third kappa shape index (κ3) is 6.57. The van der Waals surface area contributed by atoms with Crippen molar-refractivity contribution >= 4 is 40.2 Å². The molecule has 0 aliphatic rings. The van der Waals surface area contributed by atoms with Crippen molar-refractivity contribution in [3.63, 3.8) is 0 Å². The third-order valence-corrected chi connectivity index (χ3v) is 6.14. The van der Waals surface area contributed by atoms with Crippen LogP contribution >= 0.6 is 11.3 Å². The molecule has 3 rings (SSSR count). The second-order valence-electron chi connectivity index (χ2n) is 7.76. The van der Waals surface area contributed by atoms with Gasteiger partial charge in [0.2, 0.25) is 5.43 Å². The third-order valence-electron chi connectivity index (χ3n) is 5.15. The Morgan fingerprint density at radius 1 is 1.31 bits per heavy atom. The molecule has 1 atom stereocenters. The van der Waals surface area contributed by atoms with E-state index in [1.54, 1.807) is 12.1 Å². The summed E-state index contributed by atoms with van der Waals surface area (Å²) >= 11 is 1.36. The molecular weight excluding hydrogens is 476 g/mol. The Hall–Kier alpha value is -3.93. The van der Waals surface area contributed by atoms with Gasteiger partial charge < -0.3 is 30.6 Å². The molecule has 186 valence electrons. The van der Waals surface area contributed by atoms with E-state index >= 15 is 0 Å². The summed E-state index contributed by atoms with van der Waals surface area (Å²) in [6.45, 7) is 3.49. The summed E-state index contributed by atoms with van der Waals surface area (Å²) < 4.78 is 11.3. The molecule has 0 saturated heterocycles. The molecule has 3 amide bonds. The summed E-state index contributed by atoms with van der Waals surface area (Å²) in [5.74, 6) is -1.47. The molecule has 1 unspecified atom stereocenters. The molecule has 0 aliphatic carbocycles. The lowest BCUT2D eigenvalue weighted by atomic mass is 10.1. The Kier molecular flexibility index (Phi) is 8.42. The van der Waals surface area contributed by atoms with Crippen LogP contribution in [-0.4, -0.2) is 47.2 Å². The normalized spacial score (nSPS) is 11.7. The van der Waals surface area contributed by atoms with E-state index < -0.39 is 30.6 Å². The number of carbonyl (C=O) groups is 3. The molecule has 2 aromatic heterocycles. The number of nitrogens with zero attached hydrogens (tertiary/aromatic N) is 1. The van der Waals surface area contributed by atoms with Crippen molar-refractivity contribution in [3.05, 3.63) is 45.3 Å². The molecule has 0 fully saturated rings. The SMILES string of the molecule is CCc1cc2c(=O)c(-c3nc(C)cs3)coc2cc1OCC(=O)NC(CCCNC(N)=O)C(=O)O. The van der Waals surface area contributed by atoms with Crippen molar-refractivity contribution in [1.82, 2.24) is 15.6 Å². The highest BCUT2D eigenvalue weighted by atomic mass is 32.1. The molecule has 3 aromatic rings. The topological polar surface area (TPSA) is 174 Å². The maximum Gasteiger partial charge on any atom is 0.326 e. The smallest absolute Gasteiger partial charge is 0.326 e. The number of carboxylic acid groups (broad SMARTS) is 1. The van der Waals surface area contributed by atoms with Gasteiger partial charge in [-0.05, 0) is 37.8 Å². The minimum absolute atomic E-state index is 0.101. The average Bonchev–Trinajstić information content (AvgIpc) is 3.25. The van der Waals surface area contributed by atoms with E-state index in [0.29, 0.717) is 45.7 Å². The number of urea groups is 1. The summed E-state index contributed by atoms with van der Waals surface area (Å²) in [5.41, 5.74) is 6.93. The van der Waals surface area contributed by atoms with Crippen LogP contribution in [0.25, 0.3) is 21.5 Å². The Balaban J connectivity index is 1.71. The first-order chi connectivity index (χ1) is 16.7. The molecule has 35 heavy (non-hydrogen) atoms. The standard InChI is InChI=1S/C23H26N4O7S/c1-3-13-7-14-18(33-9-15(20(14)29)21-26-12(2)11-35-21)8-17(13)34-10-19(28)27-16(22(30)31)5-4-6-25-23(24)32/h7-9,11,16H,3-6,10H2,1-2H3,(H,27,28)(H,30,31)(H3,24,25,32). The first-order valence-electron chi connectivity index (χ1n) is 10.9. The van der Waals surface area contributed by atoms with E-state index in [0.717, 1.165) is 5.69 Å². The molecule has 0 radical (unpaired) electrons. The fourth-order valence-electron chi connectivity index (χ4n) is 3.39. The maximum atomic E-state index is 13.0. The lowest BCUT2D eigenvalue weighted by molar-refractivity contribution is -0.142. The van der Waals surface area contributed by atoms with E-state index in [9.17, 15) is 24.3 Å². The van der Waals surface area contributed by atoms with E-state index in [1.165, 1.54) is 17.6 Å². The lowest BCUT2D eigenvalue weighted by Crippen LogP contribution is -2.43. The number of nitrogens with two attached hydrogens (primary N) is 1. The number of amides is 3. The minimum Gasteiger partial charge on any atom is -0.483 e. The number of thiazole rings is 1. The van der Waals surface area contributed by atoms with Crippen molar-refractivity contribution < 1.29 is 28.6 Å². The second kappa shape index (κ2) is 11.5. The van der Waals surface area contributed by atoms with Crippen molar-refractivity contribution in [2.75, 3.05) is 13.2 Å². The fraction of sp³-hybridized carbons (Fsp3) is 0.348. The number of carbonyl (C=O) groups excluding carboxylic acids is 2. The van der Waals surface area contributed by atoms with Crippen LogP contribution in [0.4, 0.5) is 4.79 Å². The van der Waals surface area contributed by atoms with Crippen molar-refractivity contribution in [1.29, 1.82) is 0 Å². The van der Waals surface area contributed by atoms with Crippen LogP contribution < -0.4 is 26.5 Å². The molecule has 0 bridgehead atoms. The van der Waals surface area contributed by atoms with Crippen LogP contribution in [0.1, 0.15) is 31.0 Å². The molecule has 5 N–H and O–H groups in total. The number of aliphatic carboxylic acids is 1. The van der Waals surface area contributed by atoms with Gasteiger partial charge in [-0.1, -0.05) is 6.92 Å². The summed E-state index contributed by atoms with van der Waals surface area (Å²) in [5, 5.41) is 16.9. The zero-order valence-corrected chi connectivity index (χ0v) is 20.1. The highest BCUT2D eigenvalue weighted by Crippen LogP contribution is 2.28. The van der Waals surface area contributed by atoms with Gasteiger partial charge in [0.15, 0.2) is 6.61 Å². The monoisotopic (exact) mass is 502 g/mol. The highest BCUT2D eigenvalue weighted by Gasteiger charge is 2.20. The number of rotatable bonds is 11. The van der Waals surface area contributed by atoms with Crippen LogP contribution in [0.3, 0.4) is 0 Å². The van der Waals surface area contributed by atoms with E-state index in [4.69, 9.17) is 14.9 Å². The molecule has 12 heteroatoms. The molecule has 2 heterocycles. The van der Waals surface area contributed by atoms with Crippen molar-refractivity contribution in [3.8, 4) is 16.3 Å². The molecule has 1 aromatic carbocycles. The van der Waals surface area contributed by atoms with Gasteiger partial charge in [-0.15, -0.1) is 11.3 Å².